The highest BCUT2D eigenvalue weighted by atomic mass is 16.6. The van der Waals surface area contributed by atoms with Crippen molar-refractivity contribution in [2.45, 2.75) is 13.8 Å². The molecule has 0 aliphatic heterocycles. The Morgan fingerprint density at radius 2 is 1.93 bits per heavy atom. The predicted octanol–water partition coefficient (Wildman–Crippen LogP) is 3.46. The molecule has 3 rings (SSSR count). The molecule has 1 heterocycles. The van der Waals surface area contributed by atoms with Gasteiger partial charge in [0.2, 0.25) is 0 Å². The molecule has 0 unspecified atom stereocenters. The highest BCUT2D eigenvalue weighted by Gasteiger charge is 2.16. The zero-order valence-corrected chi connectivity index (χ0v) is 15.9. The van der Waals surface area contributed by atoms with E-state index in [4.69, 9.17) is 4.74 Å². The monoisotopic (exact) mass is 393 g/mol. The molecule has 2 N–H and O–H groups in total. The molecule has 0 bridgehead atoms. The topological polar surface area (TPSA) is 123 Å². The van der Waals surface area contributed by atoms with Crippen LogP contribution >= 0.6 is 0 Å². The van der Waals surface area contributed by atoms with Crippen molar-refractivity contribution in [1.82, 2.24) is 15.6 Å². The molecule has 0 aliphatic carbocycles. The molecule has 1 aromatic heterocycles. The number of nitro benzene ring substituents is 1. The van der Waals surface area contributed by atoms with Crippen molar-refractivity contribution >= 4 is 17.8 Å². The van der Waals surface area contributed by atoms with Gasteiger partial charge in [-0.25, -0.2) is 5.43 Å². The first-order chi connectivity index (χ1) is 14.0. The van der Waals surface area contributed by atoms with Gasteiger partial charge in [-0.05, 0) is 55.8 Å². The fourth-order valence-electron chi connectivity index (χ4n) is 2.68. The maximum atomic E-state index is 12.4. The Bertz CT molecular complexity index is 1040. The Morgan fingerprint density at radius 1 is 1.24 bits per heavy atom. The quantitative estimate of drug-likeness (QED) is 0.362. The molecule has 0 radical (unpaired) electrons. The molecule has 148 valence electrons. The smallest absolute Gasteiger partial charge is 0.289 e. The van der Waals surface area contributed by atoms with Crippen molar-refractivity contribution in [2.75, 3.05) is 6.61 Å². The summed E-state index contributed by atoms with van der Waals surface area (Å²) >= 11 is 0. The molecule has 2 aromatic carbocycles. The van der Waals surface area contributed by atoms with Gasteiger partial charge < -0.3 is 4.74 Å². The van der Waals surface area contributed by atoms with E-state index in [0.29, 0.717) is 29.1 Å². The lowest BCUT2D eigenvalue weighted by molar-refractivity contribution is -0.384. The lowest BCUT2D eigenvalue weighted by Gasteiger charge is -2.04. The number of nitro groups is 1. The Kier molecular flexibility index (Phi) is 5.98. The van der Waals surface area contributed by atoms with Gasteiger partial charge in [-0.1, -0.05) is 0 Å². The average Bonchev–Trinajstić information content (AvgIpc) is 3.10. The fourth-order valence-corrected chi connectivity index (χ4v) is 2.68. The minimum Gasteiger partial charge on any atom is -0.494 e. The Labute approximate surface area is 166 Å². The molecule has 0 saturated carbocycles. The van der Waals surface area contributed by atoms with Crippen LogP contribution in [0.25, 0.3) is 11.3 Å². The average molecular weight is 393 g/mol. The first-order valence-corrected chi connectivity index (χ1v) is 8.85. The standard InChI is InChI=1S/C20H19N5O4/c1-3-29-17-10-6-15(7-11-17)18-13(2)19(23-22-18)20(26)24-21-12-14-4-8-16(9-5-14)25(27)28/h4-12H,3H2,1-2H3,(H,22,23)(H,24,26)/b21-12+. The number of H-pyrrole nitrogens is 1. The van der Waals surface area contributed by atoms with E-state index in [1.807, 2.05) is 31.2 Å². The second-order valence-corrected chi connectivity index (χ2v) is 6.08. The van der Waals surface area contributed by atoms with E-state index in [2.05, 4.69) is 20.7 Å². The van der Waals surface area contributed by atoms with Crippen LogP contribution < -0.4 is 10.2 Å². The summed E-state index contributed by atoms with van der Waals surface area (Å²) in [6.07, 6.45) is 1.40. The molecular weight excluding hydrogens is 374 g/mol. The van der Waals surface area contributed by atoms with E-state index in [0.717, 1.165) is 11.3 Å². The summed E-state index contributed by atoms with van der Waals surface area (Å²) in [7, 11) is 0. The SMILES string of the molecule is CCOc1ccc(-c2n[nH]c(C(=O)N/N=C/c3ccc([N+](=O)[O-])cc3)c2C)cc1. The van der Waals surface area contributed by atoms with E-state index in [9.17, 15) is 14.9 Å². The van der Waals surface area contributed by atoms with Crippen molar-refractivity contribution in [1.29, 1.82) is 0 Å². The number of aromatic nitrogens is 2. The summed E-state index contributed by atoms with van der Waals surface area (Å²) in [5.74, 6) is 0.327. The van der Waals surface area contributed by atoms with Crippen molar-refractivity contribution in [2.24, 2.45) is 5.10 Å². The lowest BCUT2D eigenvalue weighted by atomic mass is 10.1. The van der Waals surface area contributed by atoms with E-state index < -0.39 is 10.8 Å². The molecule has 3 aromatic rings. The predicted molar refractivity (Wildman–Crippen MR) is 108 cm³/mol. The van der Waals surface area contributed by atoms with Gasteiger partial charge in [-0.3, -0.25) is 20.0 Å². The maximum Gasteiger partial charge on any atom is 0.289 e. The van der Waals surface area contributed by atoms with Crippen molar-refractivity contribution < 1.29 is 14.5 Å². The number of hydrazone groups is 1. The number of amides is 1. The zero-order chi connectivity index (χ0) is 20.8. The number of carbonyl (C=O) groups excluding carboxylic acids is 1. The number of carbonyl (C=O) groups is 1. The number of ether oxygens (including phenoxy) is 1. The van der Waals surface area contributed by atoms with Gasteiger partial charge in [0.15, 0.2) is 0 Å². The number of rotatable bonds is 7. The molecule has 0 aliphatic rings. The Morgan fingerprint density at radius 3 is 2.55 bits per heavy atom. The van der Waals surface area contributed by atoms with Crippen LogP contribution in [0.1, 0.15) is 28.5 Å². The highest BCUT2D eigenvalue weighted by molar-refractivity contribution is 5.96. The van der Waals surface area contributed by atoms with Crippen LogP contribution in [0, 0.1) is 17.0 Å². The minimum absolute atomic E-state index is 0.0129. The van der Waals surface area contributed by atoms with Crippen LogP contribution in [0.3, 0.4) is 0 Å². The fraction of sp³-hybridized carbons (Fsp3) is 0.150. The largest absolute Gasteiger partial charge is 0.494 e. The molecule has 0 atom stereocenters. The van der Waals surface area contributed by atoms with Crippen LogP contribution in [-0.4, -0.2) is 33.8 Å². The summed E-state index contributed by atoms with van der Waals surface area (Å²) in [5.41, 5.74) is 5.54. The molecule has 29 heavy (non-hydrogen) atoms. The zero-order valence-electron chi connectivity index (χ0n) is 15.9. The van der Waals surface area contributed by atoms with Crippen molar-refractivity contribution in [3.63, 3.8) is 0 Å². The third-order valence-electron chi connectivity index (χ3n) is 4.16. The third kappa shape index (κ3) is 4.64. The van der Waals surface area contributed by atoms with Gasteiger partial charge in [0, 0.05) is 23.3 Å². The second-order valence-electron chi connectivity index (χ2n) is 6.08. The van der Waals surface area contributed by atoms with Gasteiger partial charge in [0.25, 0.3) is 11.6 Å². The van der Waals surface area contributed by atoms with E-state index in [1.165, 1.54) is 18.3 Å². The molecular formula is C20H19N5O4. The van der Waals surface area contributed by atoms with Crippen LogP contribution in [0.2, 0.25) is 0 Å². The van der Waals surface area contributed by atoms with E-state index in [-0.39, 0.29) is 5.69 Å². The number of hydrogen-bond donors (Lipinski definition) is 2. The van der Waals surface area contributed by atoms with Crippen molar-refractivity contribution in [3.05, 3.63) is 75.5 Å². The van der Waals surface area contributed by atoms with Gasteiger partial charge in [0.1, 0.15) is 11.4 Å². The summed E-state index contributed by atoms with van der Waals surface area (Å²) in [6, 6.07) is 13.3. The number of hydrogen-bond acceptors (Lipinski definition) is 6. The van der Waals surface area contributed by atoms with Gasteiger partial charge in [-0.15, -0.1) is 0 Å². The molecule has 0 spiro atoms. The summed E-state index contributed by atoms with van der Waals surface area (Å²) in [6.45, 7) is 4.30. The molecule has 1 amide bonds. The summed E-state index contributed by atoms with van der Waals surface area (Å²) in [4.78, 5) is 22.6. The number of aromatic amines is 1. The van der Waals surface area contributed by atoms with Crippen LogP contribution in [0.5, 0.6) is 5.75 Å². The molecule has 0 saturated heterocycles. The highest BCUT2D eigenvalue weighted by Crippen LogP contribution is 2.25. The number of nitrogens with zero attached hydrogens (tertiary/aromatic N) is 3. The second kappa shape index (κ2) is 8.79. The number of benzene rings is 2. The van der Waals surface area contributed by atoms with Gasteiger partial charge in [-0.2, -0.15) is 10.2 Å². The van der Waals surface area contributed by atoms with E-state index in [1.54, 1.807) is 19.1 Å². The maximum absolute atomic E-state index is 12.4. The van der Waals surface area contributed by atoms with Crippen LogP contribution in [-0.2, 0) is 0 Å². The molecule has 9 heteroatoms. The lowest BCUT2D eigenvalue weighted by Crippen LogP contribution is -2.19. The normalized spacial score (nSPS) is 10.8. The first kappa shape index (κ1) is 19.7. The summed E-state index contributed by atoms with van der Waals surface area (Å²) < 4.78 is 5.43. The Hall–Kier alpha value is -4.01. The van der Waals surface area contributed by atoms with Crippen molar-refractivity contribution in [3.8, 4) is 17.0 Å². The third-order valence-corrected chi connectivity index (χ3v) is 4.16. The van der Waals surface area contributed by atoms with Gasteiger partial charge >= 0.3 is 0 Å². The van der Waals surface area contributed by atoms with E-state index >= 15 is 0 Å². The molecule has 0 fully saturated rings. The number of non-ortho nitro benzene ring substituents is 1. The van der Waals surface area contributed by atoms with Crippen LogP contribution in [0.4, 0.5) is 5.69 Å². The number of nitrogens with one attached hydrogen (secondary N) is 2. The molecule has 9 nitrogen and oxygen atoms in total. The van der Waals surface area contributed by atoms with Gasteiger partial charge in [0.05, 0.1) is 23.4 Å². The first-order valence-electron chi connectivity index (χ1n) is 8.85. The van der Waals surface area contributed by atoms with Crippen LogP contribution in [0.15, 0.2) is 53.6 Å². The Balaban J connectivity index is 1.67. The summed E-state index contributed by atoms with van der Waals surface area (Å²) in [5, 5.41) is 21.5. The minimum atomic E-state index is -0.480.